The van der Waals surface area contributed by atoms with E-state index >= 15 is 0 Å². The first-order chi connectivity index (χ1) is 12.5. The van der Waals surface area contributed by atoms with Crippen LogP contribution in [0.1, 0.15) is 26.0 Å². The summed E-state index contributed by atoms with van der Waals surface area (Å²) in [4.78, 5) is 25.3. The van der Waals surface area contributed by atoms with Gasteiger partial charge >= 0.3 is 0 Å². The smallest absolute Gasteiger partial charge is 0.276 e. The van der Waals surface area contributed by atoms with Gasteiger partial charge in [0.1, 0.15) is 5.70 Å². The highest BCUT2D eigenvalue weighted by Crippen LogP contribution is 2.14. The molecule has 2 aromatic rings. The number of amides is 1. The Hall–Kier alpha value is -2.80. The van der Waals surface area contributed by atoms with Gasteiger partial charge in [-0.05, 0) is 42.7 Å². The minimum absolute atomic E-state index is 0.0864. The van der Waals surface area contributed by atoms with Gasteiger partial charge in [-0.1, -0.05) is 13.8 Å². The third kappa shape index (κ3) is 4.43. The summed E-state index contributed by atoms with van der Waals surface area (Å²) in [5.74, 6) is 0.707. The van der Waals surface area contributed by atoms with Crippen molar-refractivity contribution in [2.45, 2.75) is 26.3 Å². The van der Waals surface area contributed by atoms with Gasteiger partial charge in [0.15, 0.2) is 0 Å². The van der Waals surface area contributed by atoms with Gasteiger partial charge in [-0.3, -0.25) is 15.1 Å². The van der Waals surface area contributed by atoms with E-state index in [2.05, 4.69) is 39.4 Å². The number of hydrogen-bond donors (Lipinski definition) is 2. The molecule has 7 nitrogen and oxygen atoms in total. The first kappa shape index (κ1) is 18.0. The van der Waals surface area contributed by atoms with Gasteiger partial charge in [-0.15, -0.1) is 0 Å². The molecule has 0 spiro atoms. The van der Waals surface area contributed by atoms with Crippen LogP contribution in [0.25, 0.3) is 17.1 Å². The van der Waals surface area contributed by atoms with Crippen molar-refractivity contribution in [2.75, 3.05) is 13.7 Å². The monoisotopic (exact) mass is 353 g/mol. The average molecular weight is 353 g/mol. The molecule has 3 heterocycles. The third-order valence-corrected chi connectivity index (χ3v) is 3.92. The summed E-state index contributed by atoms with van der Waals surface area (Å²) in [6.07, 6.45) is 4.31. The maximum atomic E-state index is 12.2. The molecule has 1 aliphatic rings. The van der Waals surface area contributed by atoms with Crippen LogP contribution in [0, 0.1) is 5.92 Å². The topological polar surface area (TPSA) is 88.5 Å². The Morgan fingerprint density at radius 3 is 2.88 bits per heavy atom. The van der Waals surface area contributed by atoms with E-state index in [1.165, 1.54) is 0 Å². The molecule has 0 saturated heterocycles. The van der Waals surface area contributed by atoms with Gasteiger partial charge < -0.3 is 10.1 Å². The first-order valence-electron chi connectivity index (χ1n) is 8.64. The summed E-state index contributed by atoms with van der Waals surface area (Å²) in [6.45, 7) is 4.83. The minimum atomic E-state index is -0.249. The molecule has 2 aromatic heterocycles. The standard InChI is InChI=1S/C19H23N5O2/c1-12(2)9-14(11-26-3)22-19-23-17(18(25)24-19)10-13-6-7-15-16(21-13)5-4-8-20-15/h4-8,10,12,14H,9,11H2,1-3H3,(H2,22,23,24,25)/b17-10-/t14-/m1/s1. The SMILES string of the molecule is COC[C@@H](CC(C)C)NC1=N/C(=C\c2ccc3ncccc3n2)C(=O)N1. The lowest BCUT2D eigenvalue weighted by molar-refractivity contribution is -0.115. The molecule has 26 heavy (non-hydrogen) atoms. The van der Waals surface area contributed by atoms with Crippen molar-refractivity contribution in [3.05, 3.63) is 41.9 Å². The molecule has 3 rings (SSSR count). The molecule has 0 aromatic carbocycles. The molecule has 2 N–H and O–H groups in total. The predicted molar refractivity (Wildman–Crippen MR) is 101 cm³/mol. The molecule has 0 radical (unpaired) electrons. The van der Waals surface area contributed by atoms with Crippen LogP contribution in [0.2, 0.25) is 0 Å². The van der Waals surface area contributed by atoms with Crippen LogP contribution in [0.5, 0.6) is 0 Å². The molecule has 1 amide bonds. The number of nitrogens with one attached hydrogen (secondary N) is 2. The van der Waals surface area contributed by atoms with Crippen molar-refractivity contribution >= 4 is 29.0 Å². The number of ether oxygens (including phenoxy) is 1. The molecule has 7 heteroatoms. The molecular formula is C19H23N5O2. The summed E-state index contributed by atoms with van der Waals surface area (Å²) in [5, 5.41) is 6.01. The Labute approximate surface area is 152 Å². The normalized spacial score (nSPS) is 16.8. The van der Waals surface area contributed by atoms with Gasteiger partial charge in [-0.2, -0.15) is 0 Å². The van der Waals surface area contributed by atoms with Crippen LogP contribution in [0.3, 0.4) is 0 Å². The highest BCUT2D eigenvalue weighted by molar-refractivity contribution is 6.13. The van der Waals surface area contributed by atoms with Gasteiger partial charge in [0.25, 0.3) is 5.91 Å². The van der Waals surface area contributed by atoms with E-state index in [4.69, 9.17) is 4.74 Å². The number of hydrogen-bond acceptors (Lipinski definition) is 6. The molecule has 1 atom stereocenters. The average Bonchev–Trinajstić information content (AvgIpc) is 2.93. The third-order valence-electron chi connectivity index (χ3n) is 3.92. The van der Waals surface area contributed by atoms with E-state index in [1.54, 1.807) is 19.4 Å². The number of aromatic nitrogens is 2. The Balaban J connectivity index is 1.78. The van der Waals surface area contributed by atoms with E-state index in [1.807, 2.05) is 24.3 Å². The number of aliphatic imine (C=N–C) groups is 1. The van der Waals surface area contributed by atoms with E-state index < -0.39 is 0 Å². The Bertz CT molecular complexity index is 860. The fourth-order valence-corrected chi connectivity index (χ4v) is 2.86. The fraction of sp³-hybridized carbons (Fsp3) is 0.368. The van der Waals surface area contributed by atoms with Crippen molar-refractivity contribution in [1.82, 2.24) is 20.6 Å². The molecule has 0 saturated carbocycles. The number of carbonyl (C=O) groups excluding carboxylic acids is 1. The number of nitrogens with zero attached hydrogens (tertiary/aromatic N) is 3. The number of guanidine groups is 1. The number of carbonyl (C=O) groups is 1. The summed E-state index contributed by atoms with van der Waals surface area (Å²) in [6, 6.07) is 7.50. The highest BCUT2D eigenvalue weighted by Gasteiger charge is 2.22. The van der Waals surface area contributed by atoms with Crippen molar-refractivity contribution in [3.8, 4) is 0 Å². The molecule has 1 aliphatic heterocycles. The van der Waals surface area contributed by atoms with E-state index in [9.17, 15) is 4.79 Å². The molecule has 0 unspecified atom stereocenters. The predicted octanol–water partition coefficient (Wildman–Crippen LogP) is 2.11. The summed E-state index contributed by atoms with van der Waals surface area (Å²) < 4.78 is 5.24. The van der Waals surface area contributed by atoms with Crippen LogP contribution in [0.4, 0.5) is 0 Å². The molecule has 136 valence electrons. The summed E-state index contributed by atoms with van der Waals surface area (Å²) in [7, 11) is 1.66. The first-order valence-corrected chi connectivity index (χ1v) is 8.64. The van der Waals surface area contributed by atoms with Crippen LogP contribution in [0.15, 0.2) is 41.2 Å². The second-order valence-electron chi connectivity index (χ2n) is 6.65. The summed E-state index contributed by atoms with van der Waals surface area (Å²) >= 11 is 0. The van der Waals surface area contributed by atoms with Crippen molar-refractivity contribution in [1.29, 1.82) is 0 Å². The zero-order chi connectivity index (χ0) is 18.5. The second kappa shape index (κ2) is 8.05. The van der Waals surface area contributed by atoms with Crippen molar-refractivity contribution in [3.63, 3.8) is 0 Å². The van der Waals surface area contributed by atoms with Crippen LogP contribution in [-0.4, -0.2) is 41.6 Å². The zero-order valence-electron chi connectivity index (χ0n) is 15.2. The van der Waals surface area contributed by atoms with Crippen molar-refractivity contribution in [2.24, 2.45) is 10.9 Å². The number of rotatable bonds is 6. The van der Waals surface area contributed by atoms with E-state index in [0.29, 0.717) is 29.9 Å². The quantitative estimate of drug-likeness (QED) is 0.777. The second-order valence-corrected chi connectivity index (χ2v) is 6.65. The van der Waals surface area contributed by atoms with Gasteiger partial charge in [0, 0.05) is 13.3 Å². The lowest BCUT2D eigenvalue weighted by atomic mass is 10.0. The number of fused-ring (bicyclic) bond motifs is 1. The van der Waals surface area contributed by atoms with Crippen LogP contribution < -0.4 is 10.6 Å². The Morgan fingerprint density at radius 1 is 1.27 bits per heavy atom. The highest BCUT2D eigenvalue weighted by atomic mass is 16.5. The van der Waals surface area contributed by atoms with E-state index in [0.717, 1.165) is 17.5 Å². The maximum absolute atomic E-state index is 12.2. The minimum Gasteiger partial charge on any atom is -0.383 e. The van der Waals surface area contributed by atoms with E-state index in [-0.39, 0.29) is 11.9 Å². The number of pyridine rings is 2. The lowest BCUT2D eigenvalue weighted by Crippen LogP contribution is -2.45. The molecule has 0 aliphatic carbocycles. The Kier molecular flexibility index (Phi) is 5.58. The number of methoxy groups -OCH3 is 1. The van der Waals surface area contributed by atoms with Crippen LogP contribution >= 0.6 is 0 Å². The molecule has 0 fully saturated rings. The maximum Gasteiger partial charge on any atom is 0.276 e. The van der Waals surface area contributed by atoms with Crippen molar-refractivity contribution < 1.29 is 9.53 Å². The zero-order valence-corrected chi connectivity index (χ0v) is 15.2. The fourth-order valence-electron chi connectivity index (χ4n) is 2.86. The Morgan fingerprint density at radius 2 is 2.12 bits per heavy atom. The van der Waals surface area contributed by atoms with Gasteiger partial charge in [0.05, 0.1) is 29.4 Å². The molecule has 0 bridgehead atoms. The largest absolute Gasteiger partial charge is 0.383 e. The van der Waals surface area contributed by atoms with Gasteiger partial charge in [-0.25, -0.2) is 9.98 Å². The molecular weight excluding hydrogens is 330 g/mol. The lowest BCUT2D eigenvalue weighted by Gasteiger charge is -2.20. The van der Waals surface area contributed by atoms with Gasteiger partial charge in [0.2, 0.25) is 5.96 Å². The summed E-state index contributed by atoms with van der Waals surface area (Å²) in [5.41, 5.74) is 2.58. The van der Waals surface area contributed by atoms with Crippen LogP contribution in [-0.2, 0) is 9.53 Å².